The number of carbonyl (C=O) groups excluding carboxylic acids is 2. The number of ether oxygens (including phenoxy) is 2. The summed E-state index contributed by atoms with van der Waals surface area (Å²) >= 11 is 0. The van der Waals surface area contributed by atoms with E-state index in [1.165, 1.54) is 0 Å². The van der Waals surface area contributed by atoms with Crippen LogP contribution in [0.25, 0.3) is 11.5 Å². The van der Waals surface area contributed by atoms with E-state index in [1.807, 2.05) is 61.5 Å². The zero-order chi connectivity index (χ0) is 25.8. The molecule has 37 heavy (non-hydrogen) atoms. The lowest BCUT2D eigenvalue weighted by Gasteiger charge is -2.44. The van der Waals surface area contributed by atoms with E-state index in [0.717, 1.165) is 28.9 Å². The first-order valence-electron chi connectivity index (χ1n) is 12.2. The van der Waals surface area contributed by atoms with Gasteiger partial charge in [0, 0.05) is 17.7 Å². The maximum absolute atomic E-state index is 12.9. The van der Waals surface area contributed by atoms with Crippen LogP contribution in [0.5, 0.6) is 11.5 Å². The molecule has 1 aliphatic heterocycles. The van der Waals surface area contributed by atoms with Gasteiger partial charge in [0.05, 0.1) is 25.3 Å². The van der Waals surface area contributed by atoms with Crippen LogP contribution in [0.15, 0.2) is 83.3 Å². The molecule has 3 aromatic carbocycles. The first-order chi connectivity index (χ1) is 18.1. The molecular weight excluding hydrogens is 468 g/mol. The molecule has 7 heteroatoms. The van der Waals surface area contributed by atoms with E-state index in [-0.39, 0.29) is 5.91 Å². The predicted octanol–water partition coefficient (Wildman–Crippen LogP) is 5.05. The van der Waals surface area contributed by atoms with E-state index in [9.17, 15) is 9.59 Å². The molecule has 0 unspecified atom stereocenters. The molecule has 0 spiro atoms. The highest BCUT2D eigenvalue weighted by atomic mass is 16.5. The molecule has 0 aliphatic carbocycles. The van der Waals surface area contributed by atoms with E-state index in [2.05, 4.69) is 4.98 Å². The predicted molar refractivity (Wildman–Crippen MR) is 140 cm³/mol. The Morgan fingerprint density at radius 2 is 1.78 bits per heavy atom. The Kier molecular flexibility index (Phi) is 7.03. The number of hydrogen-bond acceptors (Lipinski definition) is 6. The largest absolute Gasteiger partial charge is 0.497 e. The van der Waals surface area contributed by atoms with Gasteiger partial charge in [0.1, 0.15) is 29.6 Å². The number of anilines is 1. The average molecular weight is 497 g/mol. The van der Waals surface area contributed by atoms with Crippen molar-refractivity contribution in [1.29, 1.82) is 0 Å². The van der Waals surface area contributed by atoms with Gasteiger partial charge in [0.2, 0.25) is 11.8 Å². The molecule has 1 fully saturated rings. The number of carbonyl (C=O) groups is 2. The van der Waals surface area contributed by atoms with E-state index in [0.29, 0.717) is 42.5 Å². The fourth-order valence-corrected chi connectivity index (χ4v) is 4.62. The summed E-state index contributed by atoms with van der Waals surface area (Å²) < 4.78 is 17.0. The van der Waals surface area contributed by atoms with Gasteiger partial charge in [0.15, 0.2) is 0 Å². The summed E-state index contributed by atoms with van der Waals surface area (Å²) in [5, 5.41) is 0. The topological polar surface area (TPSA) is 81.9 Å². The van der Waals surface area contributed by atoms with Crippen LogP contribution in [-0.2, 0) is 22.4 Å². The molecule has 0 N–H and O–H groups in total. The summed E-state index contributed by atoms with van der Waals surface area (Å²) in [5.41, 5.74) is 3.44. The molecule has 0 radical (unpaired) electrons. The van der Waals surface area contributed by atoms with Crippen molar-refractivity contribution in [3.8, 4) is 23.0 Å². The van der Waals surface area contributed by atoms with Crippen LogP contribution in [0.3, 0.4) is 0 Å². The number of hydrogen-bond donors (Lipinski definition) is 0. The van der Waals surface area contributed by atoms with Gasteiger partial charge in [-0.3, -0.25) is 4.79 Å². The number of nitrogens with zero attached hydrogens (tertiary/aromatic N) is 2. The second-order valence-electron chi connectivity index (χ2n) is 8.98. The van der Waals surface area contributed by atoms with E-state index < -0.39 is 12.0 Å². The minimum absolute atomic E-state index is 0.0654. The SMILES string of the molecule is COc1ccc(N2C(=O)[C@@H](Cc3cccc(OCCc4nc(-c5ccccc5)oc4C)c3)[C@H]2C=O)cc1. The van der Waals surface area contributed by atoms with E-state index in [1.54, 1.807) is 36.3 Å². The van der Waals surface area contributed by atoms with Crippen molar-refractivity contribution >= 4 is 17.9 Å². The van der Waals surface area contributed by atoms with Gasteiger partial charge in [-0.2, -0.15) is 0 Å². The molecular formula is C30H28N2O5. The molecule has 188 valence electrons. The number of amides is 1. The van der Waals surface area contributed by atoms with Crippen molar-refractivity contribution < 1.29 is 23.5 Å². The molecule has 0 bridgehead atoms. The highest BCUT2D eigenvalue weighted by Gasteiger charge is 2.47. The maximum atomic E-state index is 12.9. The lowest BCUT2D eigenvalue weighted by atomic mass is 9.82. The molecule has 0 saturated carbocycles. The van der Waals surface area contributed by atoms with Crippen molar-refractivity contribution in [3.05, 3.63) is 95.9 Å². The first-order valence-corrected chi connectivity index (χ1v) is 12.2. The Labute approximate surface area is 215 Å². The minimum Gasteiger partial charge on any atom is -0.497 e. The second kappa shape index (κ2) is 10.7. The first kappa shape index (κ1) is 24.3. The molecule has 1 aliphatic rings. The summed E-state index contributed by atoms with van der Waals surface area (Å²) in [5.74, 6) is 2.33. The van der Waals surface area contributed by atoms with Gasteiger partial charge in [-0.25, -0.2) is 4.98 Å². The third-order valence-electron chi connectivity index (χ3n) is 6.63. The third-order valence-corrected chi connectivity index (χ3v) is 6.63. The highest BCUT2D eigenvalue weighted by Crippen LogP contribution is 2.35. The number of aryl methyl sites for hydroxylation is 1. The number of oxazole rings is 1. The van der Waals surface area contributed by atoms with E-state index >= 15 is 0 Å². The van der Waals surface area contributed by atoms with Crippen LogP contribution in [0.2, 0.25) is 0 Å². The number of aldehydes is 1. The fraction of sp³-hybridized carbons (Fsp3) is 0.233. The normalized spacial score (nSPS) is 16.8. The van der Waals surface area contributed by atoms with Crippen LogP contribution in [-0.4, -0.2) is 36.9 Å². The zero-order valence-electron chi connectivity index (χ0n) is 20.8. The number of methoxy groups -OCH3 is 1. The third kappa shape index (κ3) is 5.11. The summed E-state index contributed by atoms with van der Waals surface area (Å²) in [4.78, 5) is 30.9. The summed E-state index contributed by atoms with van der Waals surface area (Å²) in [6, 6.07) is 24.1. The molecule has 2 atom stereocenters. The number of aromatic nitrogens is 1. The molecule has 2 heterocycles. The Hall–Kier alpha value is -4.39. The Morgan fingerprint density at radius 3 is 2.51 bits per heavy atom. The summed E-state index contributed by atoms with van der Waals surface area (Å²) in [6.45, 7) is 2.35. The number of β-lactam (4-membered cyclic amide) rings is 1. The van der Waals surface area contributed by atoms with Gasteiger partial charge in [-0.05, 0) is 67.4 Å². The van der Waals surface area contributed by atoms with Gasteiger partial charge < -0.3 is 23.6 Å². The second-order valence-corrected chi connectivity index (χ2v) is 8.98. The van der Waals surface area contributed by atoms with Crippen LogP contribution in [0.1, 0.15) is 17.0 Å². The van der Waals surface area contributed by atoms with Crippen LogP contribution in [0, 0.1) is 12.8 Å². The highest BCUT2D eigenvalue weighted by molar-refractivity contribution is 6.08. The van der Waals surface area contributed by atoms with E-state index in [4.69, 9.17) is 13.9 Å². The molecule has 1 amide bonds. The van der Waals surface area contributed by atoms with Crippen molar-refractivity contribution in [2.45, 2.75) is 25.8 Å². The molecule has 4 aromatic rings. The molecule has 5 rings (SSSR count). The quantitative estimate of drug-likeness (QED) is 0.226. The Bertz CT molecular complexity index is 1380. The van der Waals surface area contributed by atoms with Crippen molar-refractivity contribution in [1.82, 2.24) is 4.98 Å². The monoisotopic (exact) mass is 496 g/mol. The van der Waals surface area contributed by atoms with Crippen LogP contribution < -0.4 is 14.4 Å². The molecule has 1 aromatic heterocycles. The summed E-state index contributed by atoms with van der Waals surface area (Å²) in [7, 11) is 1.59. The van der Waals surface area contributed by atoms with Crippen molar-refractivity contribution in [2.75, 3.05) is 18.6 Å². The number of benzene rings is 3. The fourth-order valence-electron chi connectivity index (χ4n) is 4.62. The van der Waals surface area contributed by atoms with Crippen molar-refractivity contribution in [2.24, 2.45) is 5.92 Å². The minimum atomic E-state index is -0.501. The van der Waals surface area contributed by atoms with Crippen LogP contribution in [0.4, 0.5) is 5.69 Å². The average Bonchev–Trinajstić information content (AvgIpc) is 3.31. The smallest absolute Gasteiger partial charge is 0.233 e. The number of rotatable bonds is 10. The summed E-state index contributed by atoms with van der Waals surface area (Å²) in [6.07, 6.45) is 1.92. The van der Waals surface area contributed by atoms with Crippen LogP contribution >= 0.6 is 0 Å². The standard InChI is InChI=1S/C30H28N2O5/c1-20-27(31-29(37-20)22-8-4-3-5-9-22)15-16-36-25-10-6-7-21(17-25)18-26-28(19-33)32(30(26)34)23-11-13-24(35-2)14-12-23/h3-14,17,19,26,28H,15-16,18H2,1-2H3/t26-,28+/m0/s1. The molecule has 7 nitrogen and oxygen atoms in total. The lowest BCUT2D eigenvalue weighted by Crippen LogP contribution is -2.62. The van der Waals surface area contributed by atoms with Gasteiger partial charge in [-0.15, -0.1) is 0 Å². The van der Waals surface area contributed by atoms with Gasteiger partial charge in [0.25, 0.3) is 0 Å². The van der Waals surface area contributed by atoms with Gasteiger partial charge in [-0.1, -0.05) is 30.3 Å². The maximum Gasteiger partial charge on any atom is 0.233 e. The lowest BCUT2D eigenvalue weighted by molar-refractivity contribution is -0.133. The van der Waals surface area contributed by atoms with Crippen molar-refractivity contribution in [3.63, 3.8) is 0 Å². The zero-order valence-corrected chi connectivity index (χ0v) is 20.8. The van der Waals surface area contributed by atoms with Gasteiger partial charge >= 0.3 is 0 Å². The Balaban J connectivity index is 1.19. The Morgan fingerprint density at radius 1 is 1.00 bits per heavy atom. The molecule has 1 saturated heterocycles.